The third-order valence-corrected chi connectivity index (χ3v) is 4.45. The summed E-state index contributed by atoms with van der Waals surface area (Å²) in [6, 6.07) is 0. The molecule has 11 heavy (non-hydrogen) atoms. The lowest BCUT2D eigenvalue weighted by molar-refractivity contribution is -0.0639. The van der Waals surface area contributed by atoms with E-state index in [1.54, 1.807) is 0 Å². The van der Waals surface area contributed by atoms with Gasteiger partial charge in [0.25, 0.3) is 0 Å². The standard InChI is InChI=1S/C11H20/c1-9-8-10(2)11(9)6-4-3-5-7-11/h9-10H,3-8H2,1-2H3. The molecule has 0 aromatic heterocycles. The lowest BCUT2D eigenvalue weighted by Gasteiger charge is -2.56. The molecule has 64 valence electrons. The number of hydrogen-bond donors (Lipinski definition) is 0. The van der Waals surface area contributed by atoms with Crippen LogP contribution in [0.25, 0.3) is 0 Å². The van der Waals surface area contributed by atoms with E-state index in [1.807, 2.05) is 0 Å². The topological polar surface area (TPSA) is 0 Å². The van der Waals surface area contributed by atoms with Crippen molar-refractivity contribution in [3.8, 4) is 0 Å². The van der Waals surface area contributed by atoms with Crippen LogP contribution in [0.5, 0.6) is 0 Å². The van der Waals surface area contributed by atoms with Crippen molar-refractivity contribution < 1.29 is 0 Å². The van der Waals surface area contributed by atoms with Gasteiger partial charge in [0, 0.05) is 0 Å². The van der Waals surface area contributed by atoms with Gasteiger partial charge in [0.1, 0.15) is 0 Å². The number of rotatable bonds is 0. The van der Waals surface area contributed by atoms with Crippen molar-refractivity contribution in [1.82, 2.24) is 0 Å². The first-order chi connectivity index (χ1) is 5.26. The summed E-state index contributed by atoms with van der Waals surface area (Å²) in [5.41, 5.74) is 0.818. The maximum Gasteiger partial charge on any atom is -0.0246 e. The molecule has 0 bridgehead atoms. The molecule has 0 aromatic rings. The third kappa shape index (κ3) is 0.947. The van der Waals surface area contributed by atoms with Crippen molar-refractivity contribution in [1.29, 1.82) is 0 Å². The minimum Gasteiger partial charge on any atom is -0.0620 e. The average Bonchev–Trinajstić information content (AvgIpc) is 2.07. The average molecular weight is 152 g/mol. The Hall–Kier alpha value is 0. The Bertz CT molecular complexity index is 132. The largest absolute Gasteiger partial charge is 0.0620 e. The van der Waals surface area contributed by atoms with Crippen molar-refractivity contribution >= 4 is 0 Å². The van der Waals surface area contributed by atoms with E-state index < -0.39 is 0 Å². The van der Waals surface area contributed by atoms with Crippen molar-refractivity contribution in [3.05, 3.63) is 0 Å². The van der Waals surface area contributed by atoms with Gasteiger partial charge in [-0.2, -0.15) is 0 Å². The van der Waals surface area contributed by atoms with E-state index in [0.29, 0.717) is 0 Å². The molecule has 0 radical (unpaired) electrons. The van der Waals surface area contributed by atoms with E-state index in [9.17, 15) is 0 Å². The third-order valence-electron chi connectivity index (χ3n) is 4.45. The van der Waals surface area contributed by atoms with Crippen molar-refractivity contribution in [2.75, 3.05) is 0 Å². The molecule has 0 nitrogen and oxygen atoms in total. The predicted molar refractivity (Wildman–Crippen MR) is 48.5 cm³/mol. The molecule has 2 rings (SSSR count). The fraction of sp³-hybridized carbons (Fsp3) is 1.00. The highest BCUT2D eigenvalue weighted by atomic mass is 14.5. The Morgan fingerprint density at radius 2 is 1.45 bits per heavy atom. The summed E-state index contributed by atoms with van der Waals surface area (Å²) in [7, 11) is 0. The molecule has 0 heteroatoms. The molecular formula is C11H20. The van der Waals surface area contributed by atoms with Gasteiger partial charge in [0.2, 0.25) is 0 Å². The molecule has 2 atom stereocenters. The summed E-state index contributed by atoms with van der Waals surface area (Å²) in [5, 5.41) is 0. The Labute approximate surface area is 70.4 Å². The van der Waals surface area contributed by atoms with Gasteiger partial charge in [-0.15, -0.1) is 0 Å². The molecular weight excluding hydrogens is 132 g/mol. The molecule has 0 heterocycles. The zero-order valence-corrected chi connectivity index (χ0v) is 7.90. The van der Waals surface area contributed by atoms with E-state index in [-0.39, 0.29) is 0 Å². The molecule has 2 aliphatic rings. The first-order valence-electron chi connectivity index (χ1n) is 5.26. The summed E-state index contributed by atoms with van der Waals surface area (Å²) in [6.07, 6.45) is 9.09. The van der Waals surface area contributed by atoms with Crippen LogP contribution >= 0.6 is 0 Å². The molecule has 0 amide bonds. The fourth-order valence-corrected chi connectivity index (χ4v) is 3.52. The summed E-state index contributed by atoms with van der Waals surface area (Å²) in [6.45, 7) is 4.93. The van der Waals surface area contributed by atoms with Gasteiger partial charge in [0.15, 0.2) is 0 Å². The first kappa shape index (κ1) is 7.64. The van der Waals surface area contributed by atoms with Gasteiger partial charge in [-0.25, -0.2) is 0 Å². The molecule has 0 aromatic carbocycles. The summed E-state index contributed by atoms with van der Waals surface area (Å²) in [5.74, 6) is 2.08. The van der Waals surface area contributed by atoms with Crippen molar-refractivity contribution in [3.63, 3.8) is 0 Å². The molecule has 2 unspecified atom stereocenters. The number of hydrogen-bond acceptors (Lipinski definition) is 0. The molecule has 1 spiro atoms. The highest BCUT2D eigenvalue weighted by molar-refractivity contribution is 4.99. The van der Waals surface area contributed by atoms with E-state index in [2.05, 4.69) is 13.8 Å². The zero-order valence-electron chi connectivity index (χ0n) is 7.90. The van der Waals surface area contributed by atoms with Crippen LogP contribution in [0.2, 0.25) is 0 Å². The molecule has 0 aliphatic heterocycles. The van der Waals surface area contributed by atoms with E-state index in [0.717, 1.165) is 17.3 Å². The van der Waals surface area contributed by atoms with Crippen LogP contribution in [0.4, 0.5) is 0 Å². The second-order valence-corrected chi connectivity index (χ2v) is 4.83. The van der Waals surface area contributed by atoms with E-state index >= 15 is 0 Å². The van der Waals surface area contributed by atoms with Crippen molar-refractivity contribution in [2.45, 2.75) is 52.4 Å². The van der Waals surface area contributed by atoms with Gasteiger partial charge in [-0.1, -0.05) is 33.1 Å². The van der Waals surface area contributed by atoms with Gasteiger partial charge >= 0.3 is 0 Å². The van der Waals surface area contributed by atoms with Crippen LogP contribution < -0.4 is 0 Å². The van der Waals surface area contributed by atoms with Crippen LogP contribution in [0.1, 0.15) is 52.4 Å². The second kappa shape index (κ2) is 2.50. The molecule has 0 N–H and O–H groups in total. The van der Waals surface area contributed by atoms with Crippen LogP contribution in [0, 0.1) is 17.3 Å². The normalized spacial score (nSPS) is 42.0. The maximum absolute atomic E-state index is 2.46. The summed E-state index contributed by atoms with van der Waals surface area (Å²) >= 11 is 0. The Kier molecular flexibility index (Phi) is 1.74. The molecule has 2 saturated carbocycles. The second-order valence-electron chi connectivity index (χ2n) is 4.83. The lowest BCUT2D eigenvalue weighted by atomic mass is 9.49. The fourth-order valence-electron chi connectivity index (χ4n) is 3.52. The molecule has 2 fully saturated rings. The van der Waals surface area contributed by atoms with E-state index in [4.69, 9.17) is 0 Å². The first-order valence-corrected chi connectivity index (χ1v) is 5.26. The van der Waals surface area contributed by atoms with Gasteiger partial charge < -0.3 is 0 Å². The monoisotopic (exact) mass is 152 g/mol. The van der Waals surface area contributed by atoms with Crippen LogP contribution in [-0.4, -0.2) is 0 Å². The smallest absolute Gasteiger partial charge is 0.0246 e. The zero-order chi connectivity index (χ0) is 7.90. The van der Waals surface area contributed by atoms with Crippen LogP contribution in [-0.2, 0) is 0 Å². The van der Waals surface area contributed by atoms with Gasteiger partial charge in [0.05, 0.1) is 0 Å². The quantitative estimate of drug-likeness (QED) is 0.497. The highest BCUT2D eigenvalue weighted by Gasteiger charge is 2.49. The van der Waals surface area contributed by atoms with Crippen LogP contribution in [0.15, 0.2) is 0 Å². The van der Waals surface area contributed by atoms with Gasteiger partial charge in [-0.05, 0) is 36.5 Å². The van der Waals surface area contributed by atoms with Gasteiger partial charge in [-0.3, -0.25) is 0 Å². The highest BCUT2D eigenvalue weighted by Crippen LogP contribution is 2.59. The Morgan fingerprint density at radius 1 is 0.909 bits per heavy atom. The lowest BCUT2D eigenvalue weighted by Crippen LogP contribution is -2.47. The minimum atomic E-state index is 0.818. The Morgan fingerprint density at radius 3 is 1.82 bits per heavy atom. The van der Waals surface area contributed by atoms with Crippen molar-refractivity contribution in [2.24, 2.45) is 17.3 Å². The van der Waals surface area contributed by atoms with E-state index in [1.165, 1.54) is 38.5 Å². The SMILES string of the molecule is CC1CC(C)C12CCCCC2. The maximum atomic E-state index is 2.46. The van der Waals surface area contributed by atoms with Crippen LogP contribution in [0.3, 0.4) is 0 Å². The summed E-state index contributed by atoms with van der Waals surface area (Å²) in [4.78, 5) is 0. The predicted octanol–water partition coefficient (Wildman–Crippen LogP) is 3.61. The molecule has 0 saturated heterocycles. The summed E-state index contributed by atoms with van der Waals surface area (Å²) < 4.78 is 0. The Balaban J connectivity index is 2.06. The minimum absolute atomic E-state index is 0.818. The molecule has 2 aliphatic carbocycles.